The van der Waals surface area contributed by atoms with E-state index in [0.717, 1.165) is 73.1 Å². The summed E-state index contributed by atoms with van der Waals surface area (Å²) < 4.78 is 9.06. The van der Waals surface area contributed by atoms with Crippen molar-refractivity contribution in [1.29, 1.82) is 5.41 Å². The molecule has 0 fully saturated rings. The highest BCUT2D eigenvalue weighted by Crippen LogP contribution is 2.52. The highest BCUT2D eigenvalue weighted by atomic mass is 16.5. The summed E-state index contributed by atoms with van der Waals surface area (Å²) in [5.41, 5.74) is 13.0. The first kappa shape index (κ1) is 36.4. The van der Waals surface area contributed by atoms with Crippen molar-refractivity contribution in [3.8, 4) is 33.8 Å². The molecule has 0 atom stereocenters. The predicted molar refractivity (Wildman–Crippen MR) is 263 cm³/mol. The summed E-state index contributed by atoms with van der Waals surface area (Å²) in [5, 5.41) is 20.5. The molecule has 0 unspecified atom stereocenters. The van der Waals surface area contributed by atoms with Gasteiger partial charge in [-0.15, -0.1) is 0 Å². The van der Waals surface area contributed by atoms with E-state index in [1.54, 1.807) is 0 Å². The van der Waals surface area contributed by atoms with Gasteiger partial charge in [0.1, 0.15) is 0 Å². The molecule has 0 saturated heterocycles. The summed E-state index contributed by atoms with van der Waals surface area (Å²) in [4.78, 5) is 2.28. The maximum absolute atomic E-state index is 9.45. The molecule has 0 spiro atoms. The second kappa shape index (κ2) is 14.9. The van der Waals surface area contributed by atoms with E-state index in [4.69, 9.17) is 4.74 Å². The lowest BCUT2D eigenvalue weighted by atomic mass is 9.95. The highest BCUT2D eigenvalue weighted by Gasteiger charge is 2.27. The van der Waals surface area contributed by atoms with E-state index in [1.807, 2.05) is 36.4 Å². The summed E-state index contributed by atoms with van der Waals surface area (Å²) in [6, 6.07) is 76.6. The van der Waals surface area contributed by atoms with Crippen molar-refractivity contribution in [2.75, 3.05) is 10.2 Å². The van der Waals surface area contributed by atoms with Gasteiger partial charge in [0.05, 0.1) is 34.8 Å². The number of rotatable bonds is 8. The van der Waals surface area contributed by atoms with E-state index in [1.165, 1.54) is 37.9 Å². The zero-order valence-electron chi connectivity index (χ0n) is 34.3. The monoisotopic (exact) mass is 808 g/mol. The molecule has 10 aromatic carbocycles. The van der Waals surface area contributed by atoms with Gasteiger partial charge in [0.2, 0.25) is 0 Å². The van der Waals surface area contributed by atoms with Crippen molar-refractivity contribution >= 4 is 71.8 Å². The van der Waals surface area contributed by atoms with Crippen molar-refractivity contribution in [2.45, 2.75) is 6.67 Å². The van der Waals surface area contributed by atoms with Crippen LogP contribution in [0.25, 0.3) is 65.6 Å². The second-order valence-corrected chi connectivity index (χ2v) is 16.1. The molecule has 1 aliphatic rings. The fourth-order valence-corrected chi connectivity index (χ4v) is 9.56. The Balaban J connectivity index is 0.926. The van der Waals surface area contributed by atoms with E-state index in [0.29, 0.717) is 12.4 Å². The molecule has 0 saturated carbocycles. The Hall–Kier alpha value is -8.41. The van der Waals surface area contributed by atoms with Crippen molar-refractivity contribution in [2.24, 2.45) is 0 Å². The van der Waals surface area contributed by atoms with Crippen molar-refractivity contribution in [3.63, 3.8) is 0 Å². The number of nitrogens with one attached hydrogen (secondary N) is 2. The molecule has 63 heavy (non-hydrogen) atoms. The number of aromatic nitrogens is 1. The van der Waals surface area contributed by atoms with E-state index in [-0.39, 0.29) is 0 Å². The molecule has 2 heterocycles. The number of para-hydroxylation sites is 4. The Labute approximate surface area is 365 Å². The lowest BCUT2D eigenvalue weighted by Crippen LogP contribution is -2.15. The largest absolute Gasteiger partial charge is 0.453 e. The number of ether oxygens (including phenoxy) is 1. The molecule has 298 valence electrons. The minimum atomic E-state index is 0.473. The van der Waals surface area contributed by atoms with Crippen LogP contribution in [0.3, 0.4) is 0 Å². The van der Waals surface area contributed by atoms with Gasteiger partial charge < -0.3 is 19.5 Å². The van der Waals surface area contributed by atoms with Crippen LogP contribution in [0.1, 0.15) is 11.1 Å². The molecule has 1 aliphatic heterocycles. The molecule has 11 aromatic rings. The predicted octanol–water partition coefficient (Wildman–Crippen LogP) is 15.5. The summed E-state index contributed by atoms with van der Waals surface area (Å²) >= 11 is 0. The summed E-state index contributed by atoms with van der Waals surface area (Å²) in [5.74, 6) is 1.63. The van der Waals surface area contributed by atoms with E-state index in [2.05, 4.69) is 197 Å². The third-order valence-corrected chi connectivity index (χ3v) is 12.5. The average Bonchev–Trinajstić information content (AvgIpc) is 3.69. The number of hydrogen-bond acceptors (Lipinski definition) is 4. The smallest absolute Gasteiger partial charge is 0.152 e. The molecule has 0 amide bonds. The van der Waals surface area contributed by atoms with E-state index in [9.17, 15) is 5.41 Å². The number of hydrogen-bond donors (Lipinski definition) is 2. The van der Waals surface area contributed by atoms with Gasteiger partial charge in [0.15, 0.2) is 11.5 Å². The highest BCUT2D eigenvalue weighted by molar-refractivity contribution is 6.24. The van der Waals surface area contributed by atoms with Gasteiger partial charge in [0.25, 0.3) is 0 Å². The van der Waals surface area contributed by atoms with Crippen LogP contribution in [-0.4, -0.2) is 10.3 Å². The second-order valence-electron chi connectivity index (χ2n) is 16.1. The third-order valence-electron chi connectivity index (χ3n) is 12.5. The van der Waals surface area contributed by atoms with Gasteiger partial charge in [-0.25, -0.2) is 0 Å². The molecule has 0 radical (unpaired) electrons. The van der Waals surface area contributed by atoms with Crippen LogP contribution < -0.4 is 15.0 Å². The minimum absolute atomic E-state index is 0.473. The van der Waals surface area contributed by atoms with Gasteiger partial charge in [-0.3, -0.25) is 5.41 Å². The van der Waals surface area contributed by atoms with Crippen LogP contribution in [0.4, 0.5) is 22.7 Å². The Bertz CT molecular complexity index is 3570. The zero-order valence-corrected chi connectivity index (χ0v) is 34.3. The van der Waals surface area contributed by atoms with E-state index >= 15 is 0 Å². The van der Waals surface area contributed by atoms with Gasteiger partial charge in [-0.1, -0.05) is 164 Å². The maximum atomic E-state index is 9.45. The first-order chi connectivity index (χ1) is 31.2. The number of anilines is 4. The van der Waals surface area contributed by atoms with Crippen LogP contribution in [0.5, 0.6) is 11.5 Å². The summed E-state index contributed by atoms with van der Waals surface area (Å²) in [7, 11) is 0. The van der Waals surface area contributed by atoms with Gasteiger partial charge in [-0.05, 0) is 98.4 Å². The molecule has 5 heteroatoms. The maximum Gasteiger partial charge on any atom is 0.152 e. The van der Waals surface area contributed by atoms with Crippen molar-refractivity contribution < 1.29 is 4.74 Å². The lowest BCUT2D eigenvalue weighted by molar-refractivity contribution is 0.477. The van der Waals surface area contributed by atoms with Gasteiger partial charge in [0, 0.05) is 33.3 Å². The standard InChI is InChI=1S/C58H40N4O/c59-58(41-30-28-40(29-31-41)45-22-12-16-38-14-4-6-19-44(38)45)48-21-8-9-24-49(48)60-37-61-52-26-13-23-47(57(52)56-46-20-7-5-15-39(46)32-35-53(56)61)42-33-34-51-55(36-42)63-54-27-11-10-25-50(54)62(51)43-17-2-1-3-18-43/h1-36,59-60H,37H2. The number of nitrogens with zero attached hydrogens (tertiary/aromatic N) is 2. The molecular weight excluding hydrogens is 769 g/mol. The van der Waals surface area contributed by atoms with Gasteiger partial charge in [-0.2, -0.15) is 0 Å². The van der Waals surface area contributed by atoms with Crippen molar-refractivity contribution in [3.05, 3.63) is 230 Å². The summed E-state index contributed by atoms with van der Waals surface area (Å²) in [6.45, 7) is 0.502. The van der Waals surface area contributed by atoms with Crippen LogP contribution in [0, 0.1) is 5.41 Å². The Morgan fingerprint density at radius 3 is 2.00 bits per heavy atom. The van der Waals surface area contributed by atoms with Gasteiger partial charge >= 0.3 is 0 Å². The topological polar surface area (TPSA) is 53.3 Å². The first-order valence-electron chi connectivity index (χ1n) is 21.4. The molecule has 2 N–H and O–H groups in total. The van der Waals surface area contributed by atoms with Crippen LogP contribution in [-0.2, 0) is 6.67 Å². The molecule has 0 aliphatic carbocycles. The van der Waals surface area contributed by atoms with Crippen LogP contribution >= 0.6 is 0 Å². The SMILES string of the molecule is N=C(c1ccc(-c2cccc3ccccc23)cc1)c1ccccc1NCn1c2cccc(-c3ccc4c(c3)Oc3ccccc3N4c3ccccc3)c2c2c3ccccc3ccc21. The Morgan fingerprint density at radius 2 is 1.13 bits per heavy atom. The third kappa shape index (κ3) is 6.13. The molecule has 0 bridgehead atoms. The Morgan fingerprint density at radius 1 is 0.476 bits per heavy atom. The average molecular weight is 809 g/mol. The molecule has 5 nitrogen and oxygen atoms in total. The zero-order chi connectivity index (χ0) is 41.9. The minimum Gasteiger partial charge on any atom is -0.453 e. The lowest BCUT2D eigenvalue weighted by Gasteiger charge is -2.33. The van der Waals surface area contributed by atoms with E-state index < -0.39 is 0 Å². The summed E-state index contributed by atoms with van der Waals surface area (Å²) in [6.07, 6.45) is 0. The molecular formula is C58H40N4O. The molecule has 12 rings (SSSR count). The first-order valence-corrected chi connectivity index (χ1v) is 21.4. The van der Waals surface area contributed by atoms with Crippen molar-refractivity contribution in [1.82, 2.24) is 4.57 Å². The number of benzene rings is 10. The molecule has 1 aromatic heterocycles. The Kier molecular flexibility index (Phi) is 8.64. The van der Waals surface area contributed by atoms with Crippen LogP contribution in [0.2, 0.25) is 0 Å². The fourth-order valence-electron chi connectivity index (χ4n) is 9.56. The normalized spacial score (nSPS) is 12.0. The number of fused-ring (bicyclic) bond motifs is 8. The fraction of sp³-hybridized carbons (Fsp3) is 0.0172. The van der Waals surface area contributed by atoms with Crippen LogP contribution in [0.15, 0.2) is 218 Å². The quantitative estimate of drug-likeness (QED) is 0.150.